The third-order valence-corrected chi connectivity index (χ3v) is 3.34. The van der Waals surface area contributed by atoms with E-state index in [4.69, 9.17) is 17.0 Å². The van der Waals surface area contributed by atoms with Gasteiger partial charge in [-0.3, -0.25) is 15.5 Å². The molecule has 0 radical (unpaired) electrons. The minimum absolute atomic E-state index is 0.0368. The van der Waals surface area contributed by atoms with Gasteiger partial charge in [-0.05, 0) is 49.0 Å². The highest BCUT2D eigenvalue weighted by Gasteiger charge is 2.05. The molecule has 0 bridgehead atoms. The van der Waals surface area contributed by atoms with Crippen molar-refractivity contribution in [1.82, 2.24) is 5.43 Å². The SMILES string of the molecule is COc1cccc(NC(=S)N/N=C(/C)c2ccc([N+](=O)[O-])cc2)c1. The summed E-state index contributed by atoms with van der Waals surface area (Å²) < 4.78 is 5.14. The van der Waals surface area contributed by atoms with Crippen molar-refractivity contribution in [3.05, 3.63) is 64.2 Å². The normalized spacial score (nSPS) is 10.8. The van der Waals surface area contributed by atoms with Crippen LogP contribution in [0.25, 0.3) is 0 Å². The maximum Gasteiger partial charge on any atom is 0.269 e. The Hall–Kier alpha value is -3.00. The maximum atomic E-state index is 10.6. The molecule has 24 heavy (non-hydrogen) atoms. The van der Waals surface area contributed by atoms with Crippen molar-refractivity contribution < 1.29 is 9.66 Å². The lowest BCUT2D eigenvalue weighted by atomic mass is 10.1. The third-order valence-electron chi connectivity index (χ3n) is 3.15. The van der Waals surface area contributed by atoms with E-state index in [9.17, 15) is 10.1 Å². The van der Waals surface area contributed by atoms with Gasteiger partial charge in [0.2, 0.25) is 0 Å². The predicted octanol–water partition coefficient (Wildman–Crippen LogP) is 3.31. The van der Waals surface area contributed by atoms with Crippen LogP contribution in [0.1, 0.15) is 12.5 Å². The first-order chi connectivity index (χ1) is 11.5. The van der Waals surface area contributed by atoms with Gasteiger partial charge in [0.25, 0.3) is 5.69 Å². The molecule has 0 aliphatic heterocycles. The van der Waals surface area contributed by atoms with Gasteiger partial charge in [0.1, 0.15) is 5.75 Å². The Balaban J connectivity index is 1.98. The Morgan fingerprint density at radius 1 is 1.25 bits per heavy atom. The third kappa shape index (κ3) is 4.75. The Kier molecular flexibility index (Phi) is 5.80. The Morgan fingerprint density at radius 2 is 1.96 bits per heavy atom. The number of hydrogen-bond acceptors (Lipinski definition) is 5. The Labute approximate surface area is 144 Å². The Morgan fingerprint density at radius 3 is 2.58 bits per heavy atom. The second-order valence-corrected chi connectivity index (χ2v) is 5.21. The van der Waals surface area contributed by atoms with Gasteiger partial charge in [0.05, 0.1) is 17.7 Å². The number of hydrogen-bond donors (Lipinski definition) is 2. The van der Waals surface area contributed by atoms with Crippen LogP contribution < -0.4 is 15.5 Å². The van der Waals surface area contributed by atoms with E-state index in [0.29, 0.717) is 16.6 Å². The highest BCUT2D eigenvalue weighted by Crippen LogP contribution is 2.16. The van der Waals surface area contributed by atoms with Gasteiger partial charge in [-0.1, -0.05) is 6.07 Å². The summed E-state index contributed by atoms with van der Waals surface area (Å²) in [6.45, 7) is 1.78. The maximum absolute atomic E-state index is 10.6. The number of thiocarbonyl (C=S) groups is 1. The molecule has 0 unspecified atom stereocenters. The number of benzene rings is 2. The molecular formula is C16H16N4O3S. The van der Waals surface area contributed by atoms with Crippen LogP contribution >= 0.6 is 12.2 Å². The topological polar surface area (TPSA) is 88.8 Å². The lowest BCUT2D eigenvalue weighted by Gasteiger charge is -2.09. The van der Waals surface area contributed by atoms with E-state index in [-0.39, 0.29) is 5.69 Å². The van der Waals surface area contributed by atoms with Gasteiger partial charge in [-0.2, -0.15) is 5.10 Å². The summed E-state index contributed by atoms with van der Waals surface area (Å²) in [5.74, 6) is 0.716. The van der Waals surface area contributed by atoms with Gasteiger partial charge < -0.3 is 10.1 Å². The number of non-ortho nitro benzene ring substituents is 1. The molecule has 2 rings (SSSR count). The quantitative estimate of drug-likeness (QED) is 0.374. The molecule has 0 aliphatic rings. The van der Waals surface area contributed by atoms with Gasteiger partial charge in [-0.15, -0.1) is 0 Å². The van der Waals surface area contributed by atoms with Crippen LogP contribution in [-0.4, -0.2) is 22.9 Å². The summed E-state index contributed by atoms with van der Waals surface area (Å²) in [4.78, 5) is 10.2. The number of nitrogens with zero attached hydrogens (tertiary/aromatic N) is 2. The smallest absolute Gasteiger partial charge is 0.269 e. The summed E-state index contributed by atoms with van der Waals surface area (Å²) in [6, 6.07) is 13.5. The molecule has 0 spiro atoms. The van der Waals surface area contributed by atoms with Gasteiger partial charge >= 0.3 is 0 Å². The number of methoxy groups -OCH3 is 1. The zero-order valence-corrected chi connectivity index (χ0v) is 14.0. The number of hydrazone groups is 1. The van der Waals surface area contributed by atoms with E-state index in [1.54, 1.807) is 32.2 Å². The van der Waals surface area contributed by atoms with Crippen molar-refractivity contribution in [2.24, 2.45) is 5.10 Å². The standard InChI is InChI=1S/C16H16N4O3S/c1-11(12-6-8-14(9-7-12)20(21)22)18-19-16(24)17-13-4-3-5-15(10-13)23-2/h3-10H,1-2H3,(H2,17,19,24)/b18-11-. The molecule has 0 fully saturated rings. The number of ether oxygens (including phenoxy) is 1. The summed E-state index contributed by atoms with van der Waals surface area (Å²) >= 11 is 5.18. The molecule has 124 valence electrons. The molecule has 7 nitrogen and oxygen atoms in total. The molecule has 0 heterocycles. The van der Waals surface area contributed by atoms with Crippen molar-refractivity contribution in [1.29, 1.82) is 0 Å². The molecular weight excluding hydrogens is 328 g/mol. The van der Waals surface area contributed by atoms with Gasteiger partial charge in [-0.25, -0.2) is 0 Å². The van der Waals surface area contributed by atoms with Crippen LogP contribution in [-0.2, 0) is 0 Å². The second kappa shape index (κ2) is 8.02. The van der Waals surface area contributed by atoms with Crippen molar-refractivity contribution in [3.8, 4) is 5.75 Å². The van der Waals surface area contributed by atoms with Crippen LogP contribution in [0, 0.1) is 10.1 Å². The minimum Gasteiger partial charge on any atom is -0.497 e. The highest BCUT2D eigenvalue weighted by atomic mass is 32.1. The molecule has 0 aromatic heterocycles. The largest absolute Gasteiger partial charge is 0.497 e. The van der Waals surface area contributed by atoms with Crippen LogP contribution in [0.4, 0.5) is 11.4 Å². The predicted molar refractivity (Wildman–Crippen MR) is 97.7 cm³/mol. The first-order valence-corrected chi connectivity index (χ1v) is 7.40. The lowest BCUT2D eigenvalue weighted by Crippen LogP contribution is -2.24. The number of nitrogens with one attached hydrogen (secondary N) is 2. The van der Waals surface area contributed by atoms with E-state index >= 15 is 0 Å². The molecule has 2 aromatic rings. The first-order valence-electron chi connectivity index (χ1n) is 7.00. The van der Waals surface area contributed by atoms with Crippen molar-refractivity contribution in [3.63, 3.8) is 0 Å². The fraction of sp³-hybridized carbons (Fsp3) is 0.125. The molecule has 0 atom stereocenters. The van der Waals surface area contributed by atoms with E-state index in [2.05, 4.69) is 15.8 Å². The monoisotopic (exact) mass is 344 g/mol. The van der Waals surface area contributed by atoms with Gasteiger partial charge in [0, 0.05) is 23.9 Å². The molecule has 0 aliphatic carbocycles. The minimum atomic E-state index is -0.443. The lowest BCUT2D eigenvalue weighted by molar-refractivity contribution is -0.384. The van der Waals surface area contributed by atoms with Crippen molar-refractivity contribution in [2.45, 2.75) is 6.92 Å². The molecule has 2 aromatic carbocycles. The summed E-state index contributed by atoms with van der Waals surface area (Å²) in [7, 11) is 1.59. The van der Waals surface area contributed by atoms with E-state index < -0.39 is 4.92 Å². The summed E-state index contributed by atoms with van der Waals surface area (Å²) in [6.07, 6.45) is 0. The van der Waals surface area contributed by atoms with Crippen molar-refractivity contribution >= 4 is 34.4 Å². The van der Waals surface area contributed by atoms with Crippen LogP contribution in [0.5, 0.6) is 5.75 Å². The average Bonchev–Trinajstić information content (AvgIpc) is 2.60. The highest BCUT2D eigenvalue weighted by molar-refractivity contribution is 7.80. The number of nitro groups is 1. The molecule has 8 heteroatoms. The summed E-state index contributed by atoms with van der Waals surface area (Å²) in [5.41, 5.74) is 4.96. The fourth-order valence-corrected chi connectivity index (χ4v) is 2.05. The number of nitro benzene ring substituents is 1. The first kappa shape index (κ1) is 17.4. The van der Waals surface area contributed by atoms with Gasteiger partial charge in [0.15, 0.2) is 5.11 Å². The molecule has 0 saturated heterocycles. The summed E-state index contributed by atoms with van der Waals surface area (Å²) in [5, 5.41) is 18.1. The van der Waals surface area contributed by atoms with Crippen LogP contribution in [0.2, 0.25) is 0 Å². The fourth-order valence-electron chi connectivity index (χ4n) is 1.88. The molecule has 2 N–H and O–H groups in total. The Bertz CT molecular complexity index is 775. The zero-order chi connectivity index (χ0) is 17.5. The molecule has 0 saturated carbocycles. The van der Waals surface area contributed by atoms with E-state index in [1.807, 2.05) is 18.2 Å². The van der Waals surface area contributed by atoms with E-state index in [1.165, 1.54) is 12.1 Å². The average molecular weight is 344 g/mol. The number of anilines is 1. The van der Waals surface area contributed by atoms with Crippen molar-refractivity contribution in [2.75, 3.05) is 12.4 Å². The van der Waals surface area contributed by atoms with Crippen LogP contribution in [0.3, 0.4) is 0 Å². The van der Waals surface area contributed by atoms with E-state index in [0.717, 1.165) is 11.3 Å². The van der Waals surface area contributed by atoms with Crippen LogP contribution in [0.15, 0.2) is 53.6 Å². The second-order valence-electron chi connectivity index (χ2n) is 4.80. The number of rotatable bonds is 5. The molecule has 0 amide bonds. The zero-order valence-electron chi connectivity index (χ0n) is 13.1.